The molecule has 0 spiro atoms. The SMILES string of the molecule is COc1cccc(CCNC(=O)COc2ccc(Cl)cc2Cl)c1. The monoisotopic (exact) mass is 353 g/mol. The van der Waals surface area contributed by atoms with Gasteiger partial charge in [-0.3, -0.25) is 4.79 Å². The highest BCUT2D eigenvalue weighted by Crippen LogP contribution is 2.27. The second-order valence-electron chi connectivity index (χ2n) is 4.81. The summed E-state index contributed by atoms with van der Waals surface area (Å²) in [4.78, 5) is 11.8. The van der Waals surface area contributed by atoms with Crippen LogP contribution < -0.4 is 14.8 Å². The maximum absolute atomic E-state index is 11.8. The molecule has 0 saturated carbocycles. The predicted octanol–water partition coefficient (Wildman–Crippen LogP) is 3.74. The van der Waals surface area contributed by atoms with E-state index >= 15 is 0 Å². The summed E-state index contributed by atoms with van der Waals surface area (Å²) in [7, 11) is 1.63. The van der Waals surface area contributed by atoms with Crippen molar-refractivity contribution < 1.29 is 14.3 Å². The summed E-state index contributed by atoms with van der Waals surface area (Å²) in [5, 5.41) is 3.69. The van der Waals surface area contributed by atoms with Gasteiger partial charge in [0.05, 0.1) is 12.1 Å². The normalized spacial score (nSPS) is 10.2. The fourth-order valence-electron chi connectivity index (χ4n) is 1.96. The van der Waals surface area contributed by atoms with Gasteiger partial charge < -0.3 is 14.8 Å². The maximum Gasteiger partial charge on any atom is 0.257 e. The van der Waals surface area contributed by atoms with E-state index in [-0.39, 0.29) is 12.5 Å². The van der Waals surface area contributed by atoms with Gasteiger partial charge in [0.15, 0.2) is 6.61 Å². The summed E-state index contributed by atoms with van der Waals surface area (Å²) in [5.74, 6) is 1.02. The minimum atomic E-state index is -0.209. The molecule has 23 heavy (non-hydrogen) atoms. The number of carbonyl (C=O) groups is 1. The van der Waals surface area contributed by atoms with Crippen LogP contribution in [-0.4, -0.2) is 26.2 Å². The molecule has 4 nitrogen and oxygen atoms in total. The molecule has 2 rings (SSSR count). The van der Waals surface area contributed by atoms with Crippen LogP contribution in [-0.2, 0) is 11.2 Å². The van der Waals surface area contributed by atoms with Gasteiger partial charge in [-0.15, -0.1) is 0 Å². The van der Waals surface area contributed by atoms with Crippen molar-refractivity contribution in [3.63, 3.8) is 0 Å². The van der Waals surface area contributed by atoms with Crippen LogP contribution in [0.25, 0.3) is 0 Å². The lowest BCUT2D eigenvalue weighted by Gasteiger charge is -2.09. The van der Waals surface area contributed by atoms with E-state index in [2.05, 4.69) is 5.32 Å². The average molecular weight is 354 g/mol. The third-order valence-electron chi connectivity index (χ3n) is 3.12. The average Bonchev–Trinajstić information content (AvgIpc) is 2.54. The highest BCUT2D eigenvalue weighted by Gasteiger charge is 2.06. The number of carbonyl (C=O) groups excluding carboxylic acids is 1. The van der Waals surface area contributed by atoms with Crippen molar-refractivity contribution in [2.24, 2.45) is 0 Å². The molecular weight excluding hydrogens is 337 g/mol. The smallest absolute Gasteiger partial charge is 0.257 e. The number of amides is 1. The Kier molecular flexibility index (Phi) is 6.56. The number of hydrogen-bond acceptors (Lipinski definition) is 3. The maximum atomic E-state index is 11.8. The predicted molar refractivity (Wildman–Crippen MR) is 91.7 cm³/mol. The third kappa shape index (κ3) is 5.66. The quantitative estimate of drug-likeness (QED) is 0.824. The zero-order valence-corrected chi connectivity index (χ0v) is 14.2. The fourth-order valence-corrected chi connectivity index (χ4v) is 2.42. The van der Waals surface area contributed by atoms with E-state index in [9.17, 15) is 4.79 Å². The molecule has 0 aliphatic heterocycles. The van der Waals surface area contributed by atoms with Crippen LogP contribution >= 0.6 is 23.2 Å². The molecule has 0 heterocycles. The topological polar surface area (TPSA) is 47.6 Å². The lowest BCUT2D eigenvalue weighted by Crippen LogP contribution is -2.30. The first-order valence-corrected chi connectivity index (χ1v) is 7.81. The Labute approximate surface area is 145 Å². The van der Waals surface area contributed by atoms with E-state index in [0.717, 1.165) is 11.3 Å². The number of halogens is 2. The molecular formula is C17H17Cl2NO3. The van der Waals surface area contributed by atoms with Crippen LogP contribution in [0.4, 0.5) is 0 Å². The number of hydrogen-bond donors (Lipinski definition) is 1. The van der Waals surface area contributed by atoms with Gasteiger partial charge in [-0.25, -0.2) is 0 Å². The van der Waals surface area contributed by atoms with Crippen molar-refractivity contribution in [2.75, 3.05) is 20.3 Å². The van der Waals surface area contributed by atoms with Gasteiger partial charge in [0, 0.05) is 11.6 Å². The van der Waals surface area contributed by atoms with Crippen molar-refractivity contribution in [1.82, 2.24) is 5.32 Å². The largest absolute Gasteiger partial charge is 0.497 e. The molecule has 6 heteroatoms. The van der Waals surface area contributed by atoms with Crippen LogP contribution in [0.15, 0.2) is 42.5 Å². The van der Waals surface area contributed by atoms with E-state index in [1.807, 2.05) is 24.3 Å². The molecule has 0 aliphatic carbocycles. The summed E-state index contributed by atoms with van der Waals surface area (Å²) in [6.45, 7) is 0.420. The molecule has 0 aliphatic rings. The number of nitrogens with one attached hydrogen (secondary N) is 1. The molecule has 2 aromatic rings. The van der Waals surface area contributed by atoms with Crippen molar-refractivity contribution in [2.45, 2.75) is 6.42 Å². The summed E-state index contributed by atoms with van der Waals surface area (Å²) < 4.78 is 10.5. The number of methoxy groups -OCH3 is 1. The highest BCUT2D eigenvalue weighted by molar-refractivity contribution is 6.35. The van der Waals surface area contributed by atoms with Crippen LogP contribution in [0.2, 0.25) is 10.0 Å². The van der Waals surface area contributed by atoms with Crippen LogP contribution in [0.3, 0.4) is 0 Å². The van der Waals surface area contributed by atoms with Crippen molar-refractivity contribution in [3.05, 3.63) is 58.1 Å². The Morgan fingerprint density at radius 1 is 1.17 bits per heavy atom. The molecule has 1 amide bonds. The molecule has 0 radical (unpaired) electrons. The molecule has 0 atom stereocenters. The summed E-state index contributed by atoms with van der Waals surface area (Å²) in [6.07, 6.45) is 0.713. The van der Waals surface area contributed by atoms with Gasteiger partial charge in [0.25, 0.3) is 5.91 Å². The van der Waals surface area contributed by atoms with Gasteiger partial charge in [0.1, 0.15) is 11.5 Å². The van der Waals surface area contributed by atoms with Gasteiger partial charge in [-0.1, -0.05) is 35.3 Å². The van der Waals surface area contributed by atoms with Gasteiger partial charge in [-0.2, -0.15) is 0 Å². The number of benzene rings is 2. The van der Waals surface area contributed by atoms with Crippen molar-refractivity contribution in [3.8, 4) is 11.5 Å². The standard InChI is InChI=1S/C17H17Cl2NO3/c1-22-14-4-2-3-12(9-14)7-8-20-17(21)11-23-16-6-5-13(18)10-15(16)19/h2-6,9-10H,7-8,11H2,1H3,(H,20,21). The minimum Gasteiger partial charge on any atom is -0.497 e. The van der Waals surface area contributed by atoms with Gasteiger partial charge in [-0.05, 0) is 42.3 Å². The number of ether oxygens (including phenoxy) is 2. The first-order chi connectivity index (χ1) is 11.1. The van der Waals surface area contributed by atoms with Crippen LogP contribution in [0.5, 0.6) is 11.5 Å². The molecule has 0 aromatic heterocycles. The van der Waals surface area contributed by atoms with E-state index < -0.39 is 0 Å². The van der Waals surface area contributed by atoms with Crippen molar-refractivity contribution in [1.29, 1.82) is 0 Å². The Bertz CT molecular complexity index is 677. The summed E-state index contributed by atoms with van der Waals surface area (Å²) >= 11 is 11.8. The zero-order chi connectivity index (χ0) is 16.7. The molecule has 0 unspecified atom stereocenters. The second-order valence-corrected chi connectivity index (χ2v) is 5.66. The van der Waals surface area contributed by atoms with E-state index in [1.54, 1.807) is 25.3 Å². The van der Waals surface area contributed by atoms with E-state index in [0.29, 0.717) is 28.8 Å². The zero-order valence-electron chi connectivity index (χ0n) is 12.6. The van der Waals surface area contributed by atoms with Crippen LogP contribution in [0.1, 0.15) is 5.56 Å². The van der Waals surface area contributed by atoms with Gasteiger partial charge >= 0.3 is 0 Å². The molecule has 0 saturated heterocycles. The Balaban J connectivity index is 1.74. The lowest BCUT2D eigenvalue weighted by atomic mass is 10.1. The molecule has 0 fully saturated rings. The van der Waals surface area contributed by atoms with Crippen LogP contribution in [0, 0.1) is 0 Å². The van der Waals surface area contributed by atoms with E-state index in [4.69, 9.17) is 32.7 Å². The highest BCUT2D eigenvalue weighted by atomic mass is 35.5. The lowest BCUT2D eigenvalue weighted by molar-refractivity contribution is -0.123. The number of rotatable bonds is 7. The summed E-state index contributed by atoms with van der Waals surface area (Å²) in [5.41, 5.74) is 1.09. The second kappa shape index (κ2) is 8.65. The summed E-state index contributed by atoms with van der Waals surface area (Å²) in [6, 6.07) is 12.6. The van der Waals surface area contributed by atoms with E-state index in [1.165, 1.54) is 0 Å². The van der Waals surface area contributed by atoms with Crippen molar-refractivity contribution >= 4 is 29.1 Å². The Morgan fingerprint density at radius 3 is 2.74 bits per heavy atom. The van der Waals surface area contributed by atoms with Gasteiger partial charge in [0.2, 0.25) is 0 Å². The molecule has 2 aromatic carbocycles. The Hall–Kier alpha value is -1.91. The molecule has 0 bridgehead atoms. The third-order valence-corrected chi connectivity index (χ3v) is 3.65. The first-order valence-electron chi connectivity index (χ1n) is 7.06. The Morgan fingerprint density at radius 2 is 2.00 bits per heavy atom. The first kappa shape index (κ1) is 17.4. The minimum absolute atomic E-state index is 0.0978. The fraction of sp³-hybridized carbons (Fsp3) is 0.235. The molecule has 122 valence electrons. The molecule has 1 N–H and O–H groups in total.